The van der Waals surface area contributed by atoms with Gasteiger partial charge in [-0.15, -0.1) is 13.2 Å². The van der Waals surface area contributed by atoms with E-state index < -0.39 is 6.36 Å². The van der Waals surface area contributed by atoms with Crippen LogP contribution < -0.4 is 4.74 Å². The summed E-state index contributed by atoms with van der Waals surface area (Å²) in [6.45, 7) is 6.94. The minimum Gasteiger partial charge on any atom is -0.427 e. The minimum absolute atomic E-state index is 0.134. The fourth-order valence-electron chi connectivity index (χ4n) is 3.06. The first kappa shape index (κ1) is 18.1. The lowest BCUT2D eigenvalue weighted by molar-refractivity contribution is -0.274. The van der Waals surface area contributed by atoms with Crippen LogP contribution in [0.15, 0.2) is 24.3 Å². The molecule has 2 atom stereocenters. The highest BCUT2D eigenvalue weighted by molar-refractivity contribution is 6.23. The standard InChI is InChI=1S/C15H22BF3N2O2/c1-11-10-20(16-22-3)8-9-21(11)12(2)13-4-6-14(7-5-13)23-15(17,18)19/h4-7,11-12,16H,8-10H2,1-3H3/t11-,12+/m0/s1. The highest BCUT2D eigenvalue weighted by Gasteiger charge is 2.31. The first-order chi connectivity index (χ1) is 10.8. The van der Waals surface area contributed by atoms with Crippen molar-refractivity contribution in [3.8, 4) is 5.75 Å². The van der Waals surface area contributed by atoms with Crippen molar-refractivity contribution in [1.29, 1.82) is 0 Å². The van der Waals surface area contributed by atoms with Crippen LogP contribution in [-0.2, 0) is 4.65 Å². The fraction of sp³-hybridized carbons (Fsp3) is 0.600. The molecule has 1 aromatic carbocycles. The highest BCUT2D eigenvalue weighted by atomic mass is 19.4. The molecule has 1 fully saturated rings. The number of halogens is 3. The molecule has 0 unspecified atom stereocenters. The van der Waals surface area contributed by atoms with Crippen LogP contribution in [0, 0.1) is 0 Å². The Hall–Kier alpha value is -1.25. The average molecular weight is 330 g/mol. The van der Waals surface area contributed by atoms with Crippen LogP contribution in [0.3, 0.4) is 0 Å². The first-order valence-electron chi connectivity index (χ1n) is 7.63. The van der Waals surface area contributed by atoms with Crippen LogP contribution in [0.25, 0.3) is 0 Å². The zero-order chi connectivity index (χ0) is 17.0. The molecule has 0 bridgehead atoms. The van der Waals surface area contributed by atoms with Gasteiger partial charge in [-0.2, -0.15) is 0 Å². The molecule has 0 saturated carbocycles. The van der Waals surface area contributed by atoms with Gasteiger partial charge in [-0.05, 0) is 31.5 Å². The van der Waals surface area contributed by atoms with Crippen molar-refractivity contribution in [2.45, 2.75) is 32.3 Å². The first-order valence-corrected chi connectivity index (χ1v) is 7.63. The molecule has 1 heterocycles. The van der Waals surface area contributed by atoms with Gasteiger partial charge in [0.15, 0.2) is 0 Å². The molecule has 0 aromatic heterocycles. The van der Waals surface area contributed by atoms with Crippen LogP contribution in [0.2, 0.25) is 0 Å². The van der Waals surface area contributed by atoms with Gasteiger partial charge in [-0.1, -0.05) is 12.1 Å². The predicted molar refractivity (Wildman–Crippen MR) is 83.4 cm³/mol. The van der Waals surface area contributed by atoms with E-state index in [9.17, 15) is 13.2 Å². The van der Waals surface area contributed by atoms with Crippen molar-refractivity contribution in [3.63, 3.8) is 0 Å². The normalized spacial score (nSPS) is 21.9. The van der Waals surface area contributed by atoms with Crippen LogP contribution in [0.1, 0.15) is 25.5 Å². The number of piperazine rings is 1. The summed E-state index contributed by atoms with van der Waals surface area (Å²) in [5.41, 5.74) is 0.978. The lowest BCUT2D eigenvalue weighted by Crippen LogP contribution is -2.53. The summed E-state index contributed by atoms with van der Waals surface area (Å²) in [6, 6.07) is 6.60. The van der Waals surface area contributed by atoms with Gasteiger partial charge in [-0.25, -0.2) is 0 Å². The third-order valence-corrected chi connectivity index (χ3v) is 4.17. The number of alkyl halides is 3. The zero-order valence-electron chi connectivity index (χ0n) is 13.6. The second-order valence-electron chi connectivity index (χ2n) is 5.87. The van der Waals surface area contributed by atoms with Crippen LogP contribution in [0.4, 0.5) is 13.2 Å². The molecule has 1 saturated heterocycles. The SMILES string of the molecule is COBN1CCN([C@H](C)c2ccc(OC(F)(F)F)cc2)[C@@H](C)C1. The van der Waals surface area contributed by atoms with Gasteiger partial charge >= 0.3 is 14.0 Å². The topological polar surface area (TPSA) is 24.9 Å². The Labute approximate surface area is 135 Å². The summed E-state index contributed by atoms with van der Waals surface area (Å²) in [7, 11) is 2.31. The molecule has 1 aliphatic rings. The van der Waals surface area contributed by atoms with Crippen molar-refractivity contribution in [3.05, 3.63) is 29.8 Å². The molecule has 0 aliphatic carbocycles. The maximum absolute atomic E-state index is 12.2. The van der Waals surface area contributed by atoms with Crippen LogP contribution >= 0.6 is 0 Å². The van der Waals surface area contributed by atoms with Crippen molar-refractivity contribution in [2.24, 2.45) is 0 Å². The summed E-state index contributed by atoms with van der Waals surface area (Å²) >= 11 is 0. The largest absolute Gasteiger partial charge is 0.573 e. The Balaban J connectivity index is 1.99. The summed E-state index contributed by atoms with van der Waals surface area (Å²) in [5.74, 6) is -0.189. The Morgan fingerprint density at radius 2 is 1.87 bits per heavy atom. The van der Waals surface area contributed by atoms with E-state index in [1.165, 1.54) is 12.1 Å². The molecule has 2 rings (SSSR count). The van der Waals surface area contributed by atoms with E-state index in [0.717, 1.165) is 25.2 Å². The fourth-order valence-corrected chi connectivity index (χ4v) is 3.06. The molecular weight excluding hydrogens is 308 g/mol. The Bertz CT molecular complexity index is 498. The van der Waals surface area contributed by atoms with E-state index >= 15 is 0 Å². The van der Waals surface area contributed by atoms with Crippen molar-refractivity contribution in [1.82, 2.24) is 9.71 Å². The number of rotatable bonds is 5. The smallest absolute Gasteiger partial charge is 0.427 e. The summed E-state index contributed by atoms with van der Waals surface area (Å²) in [5, 5.41) is 0. The monoisotopic (exact) mass is 330 g/mol. The third kappa shape index (κ3) is 5.12. The number of ether oxygens (including phenoxy) is 1. The van der Waals surface area contributed by atoms with E-state index in [4.69, 9.17) is 4.65 Å². The molecule has 1 aliphatic heterocycles. The van der Waals surface area contributed by atoms with E-state index in [-0.39, 0.29) is 11.8 Å². The average Bonchev–Trinajstić information content (AvgIpc) is 2.46. The minimum atomic E-state index is -4.65. The lowest BCUT2D eigenvalue weighted by Gasteiger charge is -2.42. The molecule has 128 valence electrons. The molecule has 0 amide bonds. The maximum Gasteiger partial charge on any atom is 0.573 e. The van der Waals surface area contributed by atoms with Gasteiger partial charge < -0.3 is 14.2 Å². The van der Waals surface area contributed by atoms with Crippen LogP contribution in [-0.4, -0.2) is 56.5 Å². The van der Waals surface area contributed by atoms with Gasteiger partial charge in [0.05, 0.1) is 0 Å². The molecule has 1 aromatic rings. The summed E-state index contributed by atoms with van der Waals surface area (Å²) in [4.78, 5) is 4.60. The van der Waals surface area contributed by atoms with Crippen molar-refractivity contribution < 1.29 is 22.6 Å². The van der Waals surface area contributed by atoms with E-state index in [0.29, 0.717) is 13.7 Å². The van der Waals surface area contributed by atoms with E-state index in [2.05, 4.69) is 28.3 Å². The molecule has 0 spiro atoms. The Morgan fingerprint density at radius 1 is 1.22 bits per heavy atom. The molecule has 0 radical (unpaired) electrons. The second kappa shape index (κ2) is 7.55. The summed E-state index contributed by atoms with van der Waals surface area (Å²) in [6.07, 6.45) is -4.65. The van der Waals surface area contributed by atoms with E-state index in [1.807, 2.05) is 0 Å². The maximum atomic E-state index is 12.2. The molecular formula is C15H22BF3N2O2. The van der Waals surface area contributed by atoms with Gasteiger partial charge in [0.2, 0.25) is 0 Å². The Morgan fingerprint density at radius 3 is 2.39 bits per heavy atom. The van der Waals surface area contributed by atoms with Gasteiger partial charge in [-0.3, -0.25) is 4.90 Å². The molecule has 23 heavy (non-hydrogen) atoms. The van der Waals surface area contributed by atoms with Gasteiger partial charge in [0.25, 0.3) is 0 Å². The highest BCUT2D eigenvalue weighted by Crippen LogP contribution is 2.28. The number of benzene rings is 1. The van der Waals surface area contributed by atoms with Crippen molar-refractivity contribution >= 4 is 7.62 Å². The number of hydrogen-bond acceptors (Lipinski definition) is 4. The van der Waals surface area contributed by atoms with E-state index in [1.54, 1.807) is 19.2 Å². The van der Waals surface area contributed by atoms with Crippen LogP contribution in [0.5, 0.6) is 5.75 Å². The molecule has 4 nitrogen and oxygen atoms in total. The quantitative estimate of drug-likeness (QED) is 0.775. The molecule has 0 N–H and O–H groups in total. The Kier molecular flexibility index (Phi) is 5.94. The van der Waals surface area contributed by atoms with Gasteiger partial charge in [0, 0.05) is 38.8 Å². The third-order valence-electron chi connectivity index (χ3n) is 4.17. The summed E-state index contributed by atoms with van der Waals surface area (Å²) < 4.78 is 45.7. The number of nitrogens with zero attached hydrogens (tertiary/aromatic N) is 2. The zero-order valence-corrected chi connectivity index (χ0v) is 13.6. The van der Waals surface area contributed by atoms with Gasteiger partial charge in [0.1, 0.15) is 5.75 Å². The second-order valence-corrected chi connectivity index (χ2v) is 5.87. The lowest BCUT2D eigenvalue weighted by atomic mass is 10.0. The van der Waals surface area contributed by atoms with Crippen molar-refractivity contribution in [2.75, 3.05) is 26.7 Å². The predicted octanol–water partition coefficient (Wildman–Crippen LogP) is 2.57. The molecule has 8 heteroatoms. The number of hydrogen-bond donors (Lipinski definition) is 0.